The van der Waals surface area contributed by atoms with Gasteiger partial charge in [0, 0.05) is 44.3 Å². The Morgan fingerprint density at radius 3 is 2.58 bits per heavy atom. The molecule has 1 aliphatic heterocycles. The molecule has 4 aromatic rings. The highest BCUT2D eigenvalue weighted by Gasteiger charge is 2.25. The second kappa shape index (κ2) is 9.03. The number of piperazine rings is 1. The highest BCUT2D eigenvalue weighted by molar-refractivity contribution is 7.18. The standard InChI is InChI=1S/C22H19FN6O6S/c1-2-26-11-13(21(31)32)19(30)12-9-14(23)16(10-15(12)26)27-5-7-28(8-6-27)22-25-24-20(36-22)17-3-4-18(35-17)29(33)34/h3-4,9-11H,2,5-8H2,1H3,(H,31,32). The summed E-state index contributed by atoms with van der Waals surface area (Å²) in [5.74, 6) is -2.07. The molecule has 3 aromatic heterocycles. The maximum absolute atomic E-state index is 15.1. The van der Waals surface area contributed by atoms with E-state index < -0.39 is 27.7 Å². The second-order valence-corrected chi connectivity index (χ2v) is 9.00. The van der Waals surface area contributed by atoms with Gasteiger partial charge in [0.25, 0.3) is 0 Å². The van der Waals surface area contributed by atoms with E-state index in [1.807, 2.05) is 16.7 Å². The van der Waals surface area contributed by atoms with E-state index in [1.54, 1.807) is 10.6 Å². The summed E-state index contributed by atoms with van der Waals surface area (Å²) in [5, 5.41) is 29.4. The molecule has 0 spiro atoms. The maximum atomic E-state index is 15.1. The van der Waals surface area contributed by atoms with Gasteiger partial charge in [-0.3, -0.25) is 14.9 Å². The first-order valence-corrected chi connectivity index (χ1v) is 11.8. The number of carboxylic acids is 1. The van der Waals surface area contributed by atoms with Crippen LogP contribution in [-0.2, 0) is 6.54 Å². The van der Waals surface area contributed by atoms with Crippen LogP contribution in [0.2, 0.25) is 0 Å². The molecule has 12 nitrogen and oxygen atoms in total. The van der Waals surface area contributed by atoms with E-state index >= 15 is 4.39 Å². The molecule has 0 amide bonds. The number of benzene rings is 1. The number of carboxylic acid groups (broad SMARTS) is 1. The summed E-state index contributed by atoms with van der Waals surface area (Å²) in [6.07, 6.45) is 1.29. The van der Waals surface area contributed by atoms with E-state index in [0.717, 1.165) is 6.07 Å². The molecule has 0 unspecified atom stereocenters. The molecule has 0 saturated carbocycles. The van der Waals surface area contributed by atoms with Crippen molar-refractivity contribution in [3.05, 3.63) is 62.2 Å². The lowest BCUT2D eigenvalue weighted by Crippen LogP contribution is -2.46. The number of hydrogen-bond acceptors (Lipinski definition) is 10. The zero-order chi connectivity index (χ0) is 25.6. The van der Waals surface area contributed by atoms with Crippen molar-refractivity contribution in [2.24, 2.45) is 0 Å². The van der Waals surface area contributed by atoms with Crippen molar-refractivity contribution in [2.75, 3.05) is 36.0 Å². The normalized spacial score (nSPS) is 13.9. The molecule has 5 rings (SSSR count). The van der Waals surface area contributed by atoms with Crippen molar-refractivity contribution in [1.29, 1.82) is 0 Å². The number of carbonyl (C=O) groups is 1. The molecule has 186 valence electrons. The molecule has 14 heteroatoms. The number of nitrogens with zero attached hydrogens (tertiary/aromatic N) is 6. The van der Waals surface area contributed by atoms with Crippen molar-refractivity contribution < 1.29 is 23.6 Å². The third kappa shape index (κ3) is 4.04. The van der Waals surface area contributed by atoms with Crippen LogP contribution in [0.3, 0.4) is 0 Å². The summed E-state index contributed by atoms with van der Waals surface area (Å²) >= 11 is 1.24. The smallest absolute Gasteiger partial charge is 0.433 e. The Hall–Kier alpha value is -4.33. The van der Waals surface area contributed by atoms with Crippen LogP contribution in [0.25, 0.3) is 21.7 Å². The number of fused-ring (bicyclic) bond motifs is 1. The van der Waals surface area contributed by atoms with Crippen LogP contribution in [-0.4, -0.2) is 56.9 Å². The molecule has 1 saturated heterocycles. The van der Waals surface area contributed by atoms with Crippen molar-refractivity contribution in [3.8, 4) is 10.8 Å². The molecule has 1 aliphatic rings. The lowest BCUT2D eigenvalue weighted by Gasteiger charge is -2.36. The Kier molecular flexibility index (Phi) is 5.88. The van der Waals surface area contributed by atoms with Crippen LogP contribution in [0.15, 0.2) is 39.7 Å². The van der Waals surface area contributed by atoms with Gasteiger partial charge in [-0.15, -0.1) is 10.2 Å². The minimum Gasteiger partial charge on any atom is -0.477 e. The highest BCUT2D eigenvalue weighted by Crippen LogP contribution is 2.33. The van der Waals surface area contributed by atoms with E-state index in [9.17, 15) is 24.8 Å². The van der Waals surface area contributed by atoms with Crippen LogP contribution in [0.5, 0.6) is 0 Å². The number of nitro groups is 1. The van der Waals surface area contributed by atoms with Crippen molar-refractivity contribution >= 4 is 44.9 Å². The number of halogens is 1. The number of furan rings is 1. The van der Waals surface area contributed by atoms with Crippen molar-refractivity contribution in [1.82, 2.24) is 14.8 Å². The summed E-state index contributed by atoms with van der Waals surface area (Å²) in [6, 6.07) is 5.42. The summed E-state index contributed by atoms with van der Waals surface area (Å²) < 4.78 is 21.9. The lowest BCUT2D eigenvalue weighted by atomic mass is 10.1. The number of aryl methyl sites for hydroxylation is 1. The van der Waals surface area contributed by atoms with Gasteiger partial charge in [0.05, 0.1) is 17.3 Å². The summed E-state index contributed by atoms with van der Waals surface area (Å²) in [6.45, 7) is 4.19. The Balaban J connectivity index is 1.36. The van der Waals surface area contributed by atoms with E-state index in [2.05, 4.69) is 10.2 Å². The fourth-order valence-corrected chi connectivity index (χ4v) is 5.04. The van der Waals surface area contributed by atoms with Crippen molar-refractivity contribution in [2.45, 2.75) is 13.5 Å². The average molecular weight is 514 g/mol. The monoisotopic (exact) mass is 514 g/mol. The van der Waals surface area contributed by atoms with Crippen LogP contribution in [0.1, 0.15) is 17.3 Å². The minimum atomic E-state index is -1.35. The molecule has 1 fully saturated rings. The summed E-state index contributed by atoms with van der Waals surface area (Å²) in [5.41, 5.74) is -0.322. The topological polar surface area (TPSA) is 148 Å². The first-order valence-electron chi connectivity index (χ1n) is 10.9. The SMILES string of the molecule is CCn1cc(C(=O)O)c(=O)c2cc(F)c(N3CCN(c4nnc(-c5ccc([N+](=O)[O-])o5)s4)CC3)cc21. The Labute approximate surface area is 206 Å². The lowest BCUT2D eigenvalue weighted by molar-refractivity contribution is -0.401. The fourth-order valence-electron chi connectivity index (χ4n) is 4.18. The number of pyridine rings is 1. The Morgan fingerprint density at radius 2 is 1.94 bits per heavy atom. The number of aromatic nitrogens is 3. The van der Waals surface area contributed by atoms with Crippen LogP contribution < -0.4 is 15.2 Å². The van der Waals surface area contributed by atoms with Gasteiger partial charge in [-0.25, -0.2) is 9.18 Å². The van der Waals surface area contributed by atoms with E-state index in [0.29, 0.717) is 54.1 Å². The predicted octanol–water partition coefficient (Wildman–Crippen LogP) is 3.21. The first kappa shape index (κ1) is 23.4. The summed E-state index contributed by atoms with van der Waals surface area (Å²) in [4.78, 5) is 38.1. The van der Waals surface area contributed by atoms with Gasteiger partial charge in [-0.2, -0.15) is 0 Å². The zero-order valence-electron chi connectivity index (χ0n) is 18.9. The van der Waals surface area contributed by atoms with E-state index in [-0.39, 0.29) is 17.0 Å². The number of anilines is 2. The van der Waals surface area contributed by atoms with Crippen LogP contribution in [0, 0.1) is 15.9 Å². The molecule has 1 N–H and O–H groups in total. The van der Waals surface area contributed by atoms with Gasteiger partial charge < -0.3 is 23.9 Å². The van der Waals surface area contributed by atoms with Gasteiger partial charge in [0.15, 0.2) is 10.8 Å². The van der Waals surface area contributed by atoms with Gasteiger partial charge >= 0.3 is 11.9 Å². The van der Waals surface area contributed by atoms with Gasteiger partial charge in [0.2, 0.25) is 10.6 Å². The van der Waals surface area contributed by atoms with E-state index in [1.165, 1.54) is 29.7 Å². The van der Waals surface area contributed by atoms with Gasteiger partial charge in [-0.1, -0.05) is 11.3 Å². The molecule has 0 bridgehead atoms. The molecule has 36 heavy (non-hydrogen) atoms. The molecule has 0 radical (unpaired) electrons. The first-order chi connectivity index (χ1) is 17.3. The minimum absolute atomic E-state index is 0.0242. The Bertz CT molecular complexity index is 1550. The average Bonchev–Trinajstić information content (AvgIpc) is 3.54. The molecular formula is C22H19FN6O6S. The number of aromatic carboxylic acids is 1. The molecule has 1 aromatic carbocycles. The van der Waals surface area contributed by atoms with Gasteiger partial charge in [-0.05, 0) is 25.1 Å². The fraction of sp³-hybridized carbons (Fsp3) is 0.273. The number of hydrogen-bond donors (Lipinski definition) is 1. The molecule has 0 aliphatic carbocycles. The largest absolute Gasteiger partial charge is 0.477 e. The zero-order valence-corrected chi connectivity index (χ0v) is 19.7. The van der Waals surface area contributed by atoms with Gasteiger partial charge in [0.1, 0.15) is 16.3 Å². The molecule has 0 atom stereocenters. The maximum Gasteiger partial charge on any atom is 0.433 e. The van der Waals surface area contributed by atoms with Crippen molar-refractivity contribution in [3.63, 3.8) is 0 Å². The third-order valence-electron chi connectivity index (χ3n) is 6.01. The quantitative estimate of drug-likeness (QED) is 0.300. The number of rotatable bonds is 6. The molecule has 4 heterocycles. The highest BCUT2D eigenvalue weighted by atomic mass is 32.1. The van der Waals surface area contributed by atoms with Crippen LogP contribution >= 0.6 is 11.3 Å². The Morgan fingerprint density at radius 1 is 1.22 bits per heavy atom. The van der Waals surface area contributed by atoms with Crippen LogP contribution in [0.4, 0.5) is 21.1 Å². The summed E-state index contributed by atoms with van der Waals surface area (Å²) in [7, 11) is 0. The third-order valence-corrected chi connectivity index (χ3v) is 7.01. The second-order valence-electron chi connectivity index (χ2n) is 8.04. The predicted molar refractivity (Wildman–Crippen MR) is 129 cm³/mol. The van der Waals surface area contributed by atoms with E-state index in [4.69, 9.17) is 4.42 Å². The molecular weight excluding hydrogens is 495 g/mol.